The molecular formula is C17H28O6. The van der Waals surface area contributed by atoms with Gasteiger partial charge >= 0.3 is 0 Å². The Morgan fingerprint density at radius 3 is 1.74 bits per heavy atom. The van der Waals surface area contributed by atoms with E-state index >= 15 is 0 Å². The van der Waals surface area contributed by atoms with Gasteiger partial charge in [-0.1, -0.05) is 12.8 Å². The topological polar surface area (TPSA) is 109 Å². The average molecular weight is 328 g/mol. The average Bonchev–Trinajstić information content (AvgIpc) is 2.48. The minimum atomic E-state index is -1.70. The van der Waals surface area contributed by atoms with Crippen LogP contribution in [0.5, 0.6) is 0 Å². The standard InChI is InChI=1S/C17H28O6/c1-12(18)8-5-3-4-6-9-14(20)10-7-11-15(21)17(23)16(22)13(2)19/h16-17,22-23H,3-11H2,1-2H3/t16-,17-/m0/s1. The Labute approximate surface area is 137 Å². The summed E-state index contributed by atoms with van der Waals surface area (Å²) in [7, 11) is 0. The molecule has 0 aliphatic heterocycles. The normalized spacial score (nSPS) is 13.4. The van der Waals surface area contributed by atoms with Crippen molar-refractivity contribution in [2.45, 2.75) is 83.8 Å². The van der Waals surface area contributed by atoms with Gasteiger partial charge in [0.1, 0.15) is 23.8 Å². The van der Waals surface area contributed by atoms with Gasteiger partial charge in [0.05, 0.1) is 0 Å². The second kappa shape index (κ2) is 12.1. The maximum absolute atomic E-state index is 11.6. The van der Waals surface area contributed by atoms with Crippen molar-refractivity contribution in [3.63, 3.8) is 0 Å². The molecule has 0 unspecified atom stereocenters. The van der Waals surface area contributed by atoms with Crippen molar-refractivity contribution in [1.29, 1.82) is 0 Å². The van der Waals surface area contributed by atoms with E-state index in [4.69, 9.17) is 0 Å². The number of ketones is 4. The molecule has 0 aliphatic carbocycles. The first-order chi connectivity index (χ1) is 10.8. The zero-order valence-electron chi connectivity index (χ0n) is 14.0. The molecular weight excluding hydrogens is 300 g/mol. The Bertz CT molecular complexity index is 415. The molecule has 2 N–H and O–H groups in total. The van der Waals surface area contributed by atoms with Crippen LogP contribution >= 0.6 is 0 Å². The smallest absolute Gasteiger partial charge is 0.164 e. The Morgan fingerprint density at radius 2 is 1.22 bits per heavy atom. The highest BCUT2D eigenvalue weighted by Gasteiger charge is 2.26. The lowest BCUT2D eigenvalue weighted by Gasteiger charge is -2.13. The van der Waals surface area contributed by atoms with E-state index in [2.05, 4.69) is 0 Å². The number of hydrogen-bond donors (Lipinski definition) is 2. The van der Waals surface area contributed by atoms with Crippen LogP contribution in [0.4, 0.5) is 0 Å². The highest BCUT2D eigenvalue weighted by molar-refractivity contribution is 5.91. The summed E-state index contributed by atoms with van der Waals surface area (Å²) in [5, 5.41) is 18.7. The molecule has 0 amide bonds. The van der Waals surface area contributed by atoms with Crippen LogP contribution in [0.2, 0.25) is 0 Å². The van der Waals surface area contributed by atoms with Crippen molar-refractivity contribution >= 4 is 23.1 Å². The molecule has 0 heterocycles. The maximum Gasteiger partial charge on any atom is 0.164 e. The van der Waals surface area contributed by atoms with Crippen LogP contribution in [0.3, 0.4) is 0 Å². The van der Waals surface area contributed by atoms with E-state index in [9.17, 15) is 29.4 Å². The van der Waals surface area contributed by atoms with Gasteiger partial charge in [0.15, 0.2) is 11.6 Å². The van der Waals surface area contributed by atoms with Gasteiger partial charge in [-0.25, -0.2) is 0 Å². The molecule has 0 saturated heterocycles. The molecule has 6 nitrogen and oxygen atoms in total. The summed E-state index contributed by atoms with van der Waals surface area (Å²) in [5.74, 6) is -1.04. The number of hydrogen-bond acceptors (Lipinski definition) is 6. The van der Waals surface area contributed by atoms with Gasteiger partial charge < -0.3 is 15.0 Å². The molecule has 0 bridgehead atoms. The largest absolute Gasteiger partial charge is 0.382 e. The Kier molecular flexibility index (Phi) is 11.3. The number of carbonyl (C=O) groups excluding carboxylic acids is 4. The molecule has 0 aliphatic rings. The molecule has 2 atom stereocenters. The highest BCUT2D eigenvalue weighted by atomic mass is 16.3. The molecule has 0 spiro atoms. The van der Waals surface area contributed by atoms with Crippen LogP contribution in [-0.4, -0.2) is 45.6 Å². The monoisotopic (exact) mass is 328 g/mol. The SMILES string of the molecule is CC(=O)CCCCCCC(=O)CCCC(=O)[C@H](O)[C@@H](O)C(C)=O. The summed E-state index contributed by atoms with van der Waals surface area (Å²) < 4.78 is 0. The number of Topliss-reactive ketones (excluding diaryl/α,β-unsaturated/α-hetero) is 4. The lowest BCUT2D eigenvalue weighted by Crippen LogP contribution is -2.38. The molecule has 0 saturated carbocycles. The number of rotatable bonds is 14. The van der Waals surface area contributed by atoms with Crippen molar-refractivity contribution in [3.05, 3.63) is 0 Å². The van der Waals surface area contributed by atoms with E-state index < -0.39 is 23.8 Å². The van der Waals surface area contributed by atoms with Gasteiger partial charge in [-0.2, -0.15) is 0 Å². The summed E-state index contributed by atoms with van der Waals surface area (Å²) in [5.41, 5.74) is 0. The van der Waals surface area contributed by atoms with Crippen LogP contribution in [0.1, 0.15) is 71.6 Å². The molecule has 0 rings (SSSR count). The summed E-state index contributed by atoms with van der Waals surface area (Å²) in [6.07, 6.45) is 1.64. The van der Waals surface area contributed by atoms with E-state index in [1.165, 1.54) is 0 Å². The van der Waals surface area contributed by atoms with Crippen LogP contribution in [0, 0.1) is 0 Å². The number of aliphatic hydroxyl groups excluding tert-OH is 2. The third-order valence-corrected chi connectivity index (χ3v) is 3.66. The highest BCUT2D eigenvalue weighted by Crippen LogP contribution is 2.10. The minimum Gasteiger partial charge on any atom is -0.382 e. The van der Waals surface area contributed by atoms with Gasteiger partial charge in [-0.05, 0) is 33.1 Å². The number of carbonyl (C=O) groups is 4. The third-order valence-electron chi connectivity index (χ3n) is 3.66. The number of unbranched alkanes of at least 4 members (excludes halogenated alkanes) is 3. The summed E-state index contributed by atoms with van der Waals surface area (Å²) in [4.78, 5) is 44.8. The fraction of sp³-hybridized carbons (Fsp3) is 0.765. The Hall–Kier alpha value is -1.40. The van der Waals surface area contributed by atoms with Crippen LogP contribution in [0.25, 0.3) is 0 Å². The fourth-order valence-corrected chi connectivity index (χ4v) is 2.18. The zero-order valence-corrected chi connectivity index (χ0v) is 14.0. The molecule has 132 valence electrons. The summed E-state index contributed by atoms with van der Waals surface area (Å²) in [6, 6.07) is 0. The van der Waals surface area contributed by atoms with Crippen LogP contribution in [0.15, 0.2) is 0 Å². The first-order valence-corrected chi connectivity index (χ1v) is 8.16. The van der Waals surface area contributed by atoms with Gasteiger partial charge in [0.2, 0.25) is 0 Å². The Balaban J connectivity index is 3.72. The van der Waals surface area contributed by atoms with E-state index in [0.29, 0.717) is 19.3 Å². The summed E-state index contributed by atoms with van der Waals surface area (Å²) in [6.45, 7) is 2.66. The van der Waals surface area contributed by atoms with Crippen LogP contribution in [-0.2, 0) is 19.2 Å². The second-order valence-corrected chi connectivity index (χ2v) is 5.98. The van der Waals surface area contributed by atoms with Gasteiger partial charge in [-0.3, -0.25) is 14.4 Å². The molecule has 0 aromatic rings. The van der Waals surface area contributed by atoms with E-state index in [0.717, 1.165) is 32.6 Å². The first-order valence-electron chi connectivity index (χ1n) is 8.16. The van der Waals surface area contributed by atoms with Crippen molar-refractivity contribution < 1.29 is 29.4 Å². The van der Waals surface area contributed by atoms with Gasteiger partial charge in [0, 0.05) is 25.7 Å². The molecule has 0 radical (unpaired) electrons. The number of aliphatic hydroxyl groups is 2. The summed E-state index contributed by atoms with van der Waals surface area (Å²) >= 11 is 0. The van der Waals surface area contributed by atoms with Gasteiger partial charge in [0.25, 0.3) is 0 Å². The fourth-order valence-electron chi connectivity index (χ4n) is 2.18. The lowest BCUT2D eigenvalue weighted by molar-refractivity contribution is -0.142. The van der Waals surface area contributed by atoms with Crippen molar-refractivity contribution in [1.82, 2.24) is 0 Å². The predicted molar refractivity (Wildman–Crippen MR) is 84.9 cm³/mol. The molecule has 6 heteroatoms. The van der Waals surface area contributed by atoms with Crippen molar-refractivity contribution in [2.75, 3.05) is 0 Å². The first kappa shape index (κ1) is 21.6. The predicted octanol–water partition coefficient (Wildman–Crippen LogP) is 1.54. The van der Waals surface area contributed by atoms with Gasteiger partial charge in [-0.15, -0.1) is 0 Å². The molecule has 0 aromatic carbocycles. The third kappa shape index (κ3) is 10.9. The zero-order chi connectivity index (χ0) is 17.8. The van der Waals surface area contributed by atoms with Crippen LogP contribution < -0.4 is 0 Å². The molecule has 0 fully saturated rings. The maximum atomic E-state index is 11.6. The minimum absolute atomic E-state index is 0.0319. The van der Waals surface area contributed by atoms with E-state index in [-0.39, 0.29) is 24.4 Å². The van der Waals surface area contributed by atoms with E-state index in [1.54, 1.807) is 6.92 Å². The van der Waals surface area contributed by atoms with E-state index in [1.807, 2.05) is 0 Å². The molecule has 0 aromatic heterocycles. The lowest BCUT2D eigenvalue weighted by atomic mass is 10.00. The quantitative estimate of drug-likeness (QED) is 0.468. The van der Waals surface area contributed by atoms with Crippen molar-refractivity contribution in [2.24, 2.45) is 0 Å². The van der Waals surface area contributed by atoms with Crippen molar-refractivity contribution in [3.8, 4) is 0 Å². The second-order valence-electron chi connectivity index (χ2n) is 5.98. The Morgan fingerprint density at radius 1 is 0.696 bits per heavy atom. The molecule has 23 heavy (non-hydrogen) atoms.